The summed E-state index contributed by atoms with van der Waals surface area (Å²) in [7, 11) is -4.08. The van der Waals surface area contributed by atoms with Gasteiger partial charge in [-0.25, -0.2) is 21.9 Å². The summed E-state index contributed by atoms with van der Waals surface area (Å²) in [6, 6.07) is 1.37. The first kappa shape index (κ1) is 15.3. The molecule has 0 saturated carbocycles. The molecule has 1 aromatic carbocycles. The van der Waals surface area contributed by atoms with Crippen LogP contribution < -0.4 is 10.5 Å². The number of rotatable bonds is 4. The normalized spacial score (nSPS) is 23.2. The average Bonchev–Trinajstić information content (AvgIpc) is 2.74. The second-order valence-corrected chi connectivity index (χ2v) is 6.32. The predicted molar refractivity (Wildman–Crippen MR) is 68.4 cm³/mol. The molecule has 0 amide bonds. The molecule has 5 nitrogen and oxygen atoms in total. The number of benzene rings is 1. The second kappa shape index (κ2) is 5.72. The van der Waals surface area contributed by atoms with Crippen molar-refractivity contribution in [3.8, 4) is 0 Å². The van der Waals surface area contributed by atoms with Crippen LogP contribution in [-0.4, -0.2) is 27.2 Å². The summed E-state index contributed by atoms with van der Waals surface area (Å²) in [4.78, 5) is -0.599. The zero-order valence-corrected chi connectivity index (χ0v) is 11.7. The van der Waals surface area contributed by atoms with E-state index in [-0.39, 0.29) is 6.10 Å². The van der Waals surface area contributed by atoms with E-state index in [1.54, 1.807) is 6.92 Å². The van der Waals surface area contributed by atoms with Crippen molar-refractivity contribution in [2.45, 2.75) is 36.9 Å². The number of nitrogens with one attached hydrogen (secondary N) is 1. The molecule has 3 N–H and O–H groups in total. The first-order valence-electron chi connectivity index (χ1n) is 6.17. The van der Waals surface area contributed by atoms with Crippen LogP contribution in [0.5, 0.6) is 0 Å². The lowest BCUT2D eigenvalue weighted by molar-refractivity contribution is 0.117. The molecule has 0 spiro atoms. The molecule has 20 heavy (non-hydrogen) atoms. The number of hydrogen-bond acceptors (Lipinski definition) is 4. The Labute approximate surface area is 116 Å². The van der Waals surface area contributed by atoms with Gasteiger partial charge in [-0.05, 0) is 25.5 Å². The minimum Gasteiger partial charge on any atom is -0.377 e. The average molecular weight is 306 g/mol. The molecule has 1 aliphatic heterocycles. The highest BCUT2D eigenvalue weighted by Crippen LogP contribution is 2.22. The smallest absolute Gasteiger partial charge is 0.243 e. The van der Waals surface area contributed by atoms with Gasteiger partial charge >= 0.3 is 0 Å². The molecule has 1 fully saturated rings. The third-order valence-electron chi connectivity index (χ3n) is 3.33. The van der Waals surface area contributed by atoms with Crippen LogP contribution in [0.2, 0.25) is 0 Å². The highest BCUT2D eigenvalue weighted by molar-refractivity contribution is 7.89. The molecule has 8 heteroatoms. The minimum atomic E-state index is -4.08. The molecule has 0 aromatic heterocycles. The Balaban J connectivity index is 2.35. The van der Waals surface area contributed by atoms with Gasteiger partial charge in [0.2, 0.25) is 10.0 Å². The summed E-state index contributed by atoms with van der Waals surface area (Å²) in [5, 5.41) is 0. The topological polar surface area (TPSA) is 81.4 Å². The molecular weight excluding hydrogens is 290 g/mol. The van der Waals surface area contributed by atoms with Gasteiger partial charge in [-0.3, -0.25) is 0 Å². The fourth-order valence-electron chi connectivity index (χ4n) is 2.12. The maximum atomic E-state index is 14.0. The van der Waals surface area contributed by atoms with Crippen molar-refractivity contribution in [2.75, 3.05) is 6.61 Å². The maximum absolute atomic E-state index is 14.0. The highest BCUT2D eigenvalue weighted by atomic mass is 32.2. The molecule has 1 saturated heterocycles. The van der Waals surface area contributed by atoms with Gasteiger partial charge in [0, 0.05) is 18.7 Å². The Morgan fingerprint density at radius 3 is 2.70 bits per heavy atom. The Kier molecular flexibility index (Phi) is 4.38. The number of hydrogen-bond donors (Lipinski definition) is 2. The van der Waals surface area contributed by atoms with Gasteiger partial charge in [-0.2, -0.15) is 0 Å². The Morgan fingerprint density at radius 1 is 1.45 bits per heavy atom. The SMILES string of the molecule is CC1OCCC1NS(=O)(=O)c1ccc(F)c(CN)c1F. The molecule has 2 rings (SSSR count). The van der Waals surface area contributed by atoms with E-state index in [2.05, 4.69) is 4.72 Å². The Hall–Kier alpha value is -1.09. The van der Waals surface area contributed by atoms with Crippen molar-refractivity contribution < 1.29 is 21.9 Å². The van der Waals surface area contributed by atoms with E-state index in [0.29, 0.717) is 13.0 Å². The molecule has 1 aliphatic rings. The first-order chi connectivity index (χ1) is 9.36. The van der Waals surface area contributed by atoms with Gasteiger partial charge in [0.1, 0.15) is 10.7 Å². The number of sulfonamides is 1. The van der Waals surface area contributed by atoms with E-state index in [0.717, 1.165) is 12.1 Å². The summed E-state index contributed by atoms with van der Waals surface area (Å²) in [6.07, 6.45) is 0.217. The third kappa shape index (κ3) is 2.83. The molecule has 0 aliphatic carbocycles. The standard InChI is InChI=1S/C12H16F2N2O3S/c1-7-10(4-5-19-7)16-20(17,18)11-3-2-9(13)8(6-15)12(11)14/h2-3,7,10,16H,4-6,15H2,1H3. The van der Waals surface area contributed by atoms with Crippen LogP contribution in [0, 0.1) is 11.6 Å². The van der Waals surface area contributed by atoms with Gasteiger partial charge in [0.15, 0.2) is 5.82 Å². The third-order valence-corrected chi connectivity index (χ3v) is 4.83. The van der Waals surface area contributed by atoms with Crippen LogP contribution in [0.4, 0.5) is 8.78 Å². The van der Waals surface area contributed by atoms with Crippen molar-refractivity contribution in [1.29, 1.82) is 0 Å². The van der Waals surface area contributed by atoms with Gasteiger partial charge in [0.25, 0.3) is 0 Å². The maximum Gasteiger partial charge on any atom is 0.243 e. The zero-order valence-electron chi connectivity index (χ0n) is 10.9. The largest absolute Gasteiger partial charge is 0.377 e. The summed E-state index contributed by atoms with van der Waals surface area (Å²) in [5.74, 6) is -2.01. The first-order valence-corrected chi connectivity index (χ1v) is 7.66. The fourth-order valence-corrected chi connectivity index (χ4v) is 3.56. The molecule has 0 radical (unpaired) electrons. The number of nitrogens with two attached hydrogens (primary N) is 1. The summed E-state index contributed by atoms with van der Waals surface area (Å²) >= 11 is 0. The van der Waals surface area contributed by atoms with E-state index in [4.69, 9.17) is 10.5 Å². The fraction of sp³-hybridized carbons (Fsp3) is 0.500. The second-order valence-electron chi connectivity index (χ2n) is 4.63. The van der Waals surface area contributed by atoms with Gasteiger partial charge < -0.3 is 10.5 Å². The van der Waals surface area contributed by atoms with E-state index >= 15 is 0 Å². The number of ether oxygens (including phenoxy) is 1. The quantitative estimate of drug-likeness (QED) is 0.865. The summed E-state index contributed by atoms with van der Waals surface area (Å²) < 4.78 is 59.3. The lowest BCUT2D eigenvalue weighted by atomic mass is 10.2. The molecule has 112 valence electrons. The zero-order chi connectivity index (χ0) is 14.9. The van der Waals surface area contributed by atoms with Gasteiger partial charge in [-0.1, -0.05) is 0 Å². The van der Waals surface area contributed by atoms with Crippen molar-refractivity contribution in [1.82, 2.24) is 4.72 Å². The van der Waals surface area contributed by atoms with Crippen molar-refractivity contribution in [3.63, 3.8) is 0 Å². The van der Waals surface area contributed by atoms with Crippen molar-refractivity contribution >= 4 is 10.0 Å². The predicted octanol–water partition coefficient (Wildman–Crippen LogP) is 0.879. The van der Waals surface area contributed by atoms with E-state index in [1.165, 1.54) is 0 Å². The lowest BCUT2D eigenvalue weighted by Crippen LogP contribution is -2.39. The molecule has 1 aromatic rings. The minimum absolute atomic E-state index is 0.290. The summed E-state index contributed by atoms with van der Waals surface area (Å²) in [5.41, 5.74) is 4.79. The van der Waals surface area contributed by atoms with E-state index in [9.17, 15) is 17.2 Å². The van der Waals surface area contributed by atoms with Crippen LogP contribution in [0.3, 0.4) is 0 Å². The van der Waals surface area contributed by atoms with Crippen LogP contribution >= 0.6 is 0 Å². The van der Waals surface area contributed by atoms with Crippen LogP contribution in [0.25, 0.3) is 0 Å². The molecule has 2 unspecified atom stereocenters. The highest BCUT2D eigenvalue weighted by Gasteiger charge is 2.31. The Bertz CT molecular complexity index is 607. The van der Waals surface area contributed by atoms with Crippen LogP contribution in [0.1, 0.15) is 18.9 Å². The van der Waals surface area contributed by atoms with Crippen molar-refractivity contribution in [3.05, 3.63) is 29.3 Å². The molecular formula is C12H16F2N2O3S. The van der Waals surface area contributed by atoms with Gasteiger partial charge in [-0.15, -0.1) is 0 Å². The van der Waals surface area contributed by atoms with Crippen LogP contribution in [-0.2, 0) is 21.3 Å². The van der Waals surface area contributed by atoms with Crippen LogP contribution in [0.15, 0.2) is 17.0 Å². The van der Waals surface area contributed by atoms with E-state index < -0.39 is 44.7 Å². The molecule has 1 heterocycles. The summed E-state index contributed by atoms with van der Waals surface area (Å²) in [6.45, 7) is 1.75. The number of halogens is 2. The van der Waals surface area contributed by atoms with Gasteiger partial charge in [0.05, 0.1) is 12.1 Å². The Morgan fingerprint density at radius 2 is 2.15 bits per heavy atom. The molecule has 0 bridgehead atoms. The lowest BCUT2D eigenvalue weighted by Gasteiger charge is -2.17. The van der Waals surface area contributed by atoms with Crippen molar-refractivity contribution in [2.24, 2.45) is 5.73 Å². The molecule has 2 atom stereocenters. The van der Waals surface area contributed by atoms with E-state index in [1.807, 2.05) is 0 Å². The monoisotopic (exact) mass is 306 g/mol.